The molecule has 12 heteroatoms. The molecule has 0 spiro atoms. The molecule has 0 aliphatic rings. The van der Waals surface area contributed by atoms with Crippen molar-refractivity contribution in [2.24, 2.45) is 0 Å². The van der Waals surface area contributed by atoms with Gasteiger partial charge in [-0.1, -0.05) is 6.92 Å². The third-order valence-corrected chi connectivity index (χ3v) is 3.66. The van der Waals surface area contributed by atoms with Crippen molar-refractivity contribution in [3.63, 3.8) is 0 Å². The van der Waals surface area contributed by atoms with Gasteiger partial charge in [-0.05, 0) is 6.42 Å². The molecule has 27 heavy (non-hydrogen) atoms. The zero-order valence-electron chi connectivity index (χ0n) is 14.1. The van der Waals surface area contributed by atoms with E-state index in [1.54, 1.807) is 19.3 Å². The number of carbonyl (C=O) groups is 1. The lowest BCUT2D eigenvalue weighted by Gasteiger charge is -2.17. The van der Waals surface area contributed by atoms with Crippen LogP contribution in [0.2, 0.25) is 0 Å². The fourth-order valence-electron chi connectivity index (χ4n) is 2.36. The predicted octanol–water partition coefficient (Wildman–Crippen LogP) is 1.68. The molecule has 0 bridgehead atoms. The van der Waals surface area contributed by atoms with Crippen LogP contribution >= 0.6 is 0 Å². The summed E-state index contributed by atoms with van der Waals surface area (Å²) in [6.07, 6.45) is 1.66. The van der Waals surface area contributed by atoms with Crippen LogP contribution in [0.3, 0.4) is 0 Å². The van der Waals surface area contributed by atoms with Crippen molar-refractivity contribution in [2.75, 3.05) is 11.9 Å². The molecule has 0 aliphatic carbocycles. The molecular formula is C15H15F3N8O. The Balaban J connectivity index is 1.78. The molecule has 3 N–H and O–H groups in total. The summed E-state index contributed by atoms with van der Waals surface area (Å²) < 4.78 is 36.8. The summed E-state index contributed by atoms with van der Waals surface area (Å²) in [5, 5.41) is 5.27. The van der Waals surface area contributed by atoms with Gasteiger partial charge in [-0.3, -0.25) is 4.79 Å². The highest BCUT2D eigenvalue weighted by molar-refractivity contribution is 5.91. The normalized spacial score (nSPS) is 12.7. The highest BCUT2D eigenvalue weighted by Crippen LogP contribution is 2.24. The molecule has 0 saturated heterocycles. The van der Waals surface area contributed by atoms with E-state index in [4.69, 9.17) is 0 Å². The number of nitrogens with zero attached hydrogens (tertiary/aromatic N) is 5. The van der Waals surface area contributed by atoms with E-state index in [0.717, 1.165) is 0 Å². The van der Waals surface area contributed by atoms with Crippen molar-refractivity contribution >= 4 is 22.9 Å². The van der Waals surface area contributed by atoms with Gasteiger partial charge in [0.25, 0.3) is 0 Å². The quantitative estimate of drug-likeness (QED) is 0.595. The van der Waals surface area contributed by atoms with Crippen LogP contribution in [0.15, 0.2) is 25.0 Å². The molecule has 9 nitrogen and oxygen atoms in total. The average Bonchev–Trinajstić information content (AvgIpc) is 3.08. The van der Waals surface area contributed by atoms with E-state index in [-0.39, 0.29) is 12.4 Å². The molecule has 0 saturated carbocycles. The maximum Gasteiger partial charge on any atom is 0.405 e. The van der Waals surface area contributed by atoms with E-state index >= 15 is 0 Å². The predicted molar refractivity (Wildman–Crippen MR) is 89.5 cm³/mol. The van der Waals surface area contributed by atoms with E-state index in [0.29, 0.717) is 22.4 Å². The molecule has 3 aromatic rings. The third-order valence-electron chi connectivity index (χ3n) is 3.66. The number of halogens is 3. The summed E-state index contributed by atoms with van der Waals surface area (Å²) in [5.74, 6) is -0.420. The lowest BCUT2D eigenvalue weighted by molar-refractivity contribution is -0.138. The van der Waals surface area contributed by atoms with Crippen molar-refractivity contribution in [2.45, 2.75) is 25.6 Å². The Bertz CT molecular complexity index is 942. The Labute approximate surface area is 150 Å². The van der Waals surface area contributed by atoms with Crippen LogP contribution in [0.25, 0.3) is 22.4 Å². The van der Waals surface area contributed by atoms with Gasteiger partial charge in [0.1, 0.15) is 30.9 Å². The SMILES string of the molecule is CC[C@@H](Nc1ncnc(-c2c[nH]c3ncncc23)n1)C(=O)NCC(F)(F)F. The lowest BCUT2D eigenvalue weighted by Crippen LogP contribution is -2.43. The van der Waals surface area contributed by atoms with Crippen molar-refractivity contribution in [1.29, 1.82) is 0 Å². The van der Waals surface area contributed by atoms with Gasteiger partial charge in [-0.25, -0.2) is 19.9 Å². The molecule has 3 rings (SSSR count). The molecule has 0 aromatic carbocycles. The second-order valence-electron chi connectivity index (χ2n) is 5.56. The molecule has 0 radical (unpaired) electrons. The number of carbonyl (C=O) groups excluding carboxylic acids is 1. The first-order chi connectivity index (χ1) is 12.9. The van der Waals surface area contributed by atoms with Gasteiger partial charge in [0, 0.05) is 23.3 Å². The van der Waals surface area contributed by atoms with Crippen LogP contribution in [0.4, 0.5) is 19.1 Å². The van der Waals surface area contributed by atoms with Gasteiger partial charge in [-0.15, -0.1) is 0 Å². The van der Waals surface area contributed by atoms with Crippen LogP contribution < -0.4 is 10.6 Å². The standard InChI is InChI=1S/C15H15F3N8O/c1-2-10(13(27)21-5-15(16,17)18)25-14-24-7-23-12(26-14)9-4-20-11-8(9)3-19-6-22-11/h3-4,6-7,10H,2,5H2,1H3,(H,21,27)(H,19,20,22)(H,23,24,25,26)/t10-/m1/s1. The fraction of sp³-hybridized carbons (Fsp3) is 0.333. The summed E-state index contributed by atoms with van der Waals surface area (Å²) in [5.41, 5.74) is 1.23. The number of fused-ring (bicyclic) bond motifs is 1. The van der Waals surface area contributed by atoms with Gasteiger partial charge < -0.3 is 15.6 Å². The van der Waals surface area contributed by atoms with E-state index in [1.165, 1.54) is 12.7 Å². The van der Waals surface area contributed by atoms with E-state index < -0.39 is 24.7 Å². The summed E-state index contributed by atoms with van der Waals surface area (Å²) in [4.78, 5) is 35.2. The maximum atomic E-state index is 12.3. The third kappa shape index (κ3) is 4.46. The number of anilines is 1. The number of H-pyrrole nitrogens is 1. The minimum atomic E-state index is -4.48. The highest BCUT2D eigenvalue weighted by Gasteiger charge is 2.29. The van der Waals surface area contributed by atoms with Gasteiger partial charge >= 0.3 is 6.18 Å². The molecule has 3 aromatic heterocycles. The summed E-state index contributed by atoms with van der Waals surface area (Å²) in [7, 11) is 0. The van der Waals surface area contributed by atoms with Crippen molar-refractivity contribution in [3.8, 4) is 11.4 Å². The molecule has 3 heterocycles. The first kappa shape index (κ1) is 18.5. The summed E-state index contributed by atoms with van der Waals surface area (Å²) in [6.45, 7) is 0.256. The van der Waals surface area contributed by atoms with Gasteiger partial charge in [0.05, 0.1) is 0 Å². The summed E-state index contributed by atoms with van der Waals surface area (Å²) in [6, 6.07) is -0.922. The number of alkyl halides is 3. The Kier molecular flexibility index (Phi) is 5.14. The molecule has 0 fully saturated rings. The Morgan fingerprint density at radius 2 is 2.07 bits per heavy atom. The number of rotatable bonds is 6. The number of hydrogen-bond acceptors (Lipinski definition) is 7. The van der Waals surface area contributed by atoms with Crippen molar-refractivity contribution in [1.82, 2.24) is 35.2 Å². The van der Waals surface area contributed by atoms with Gasteiger partial charge in [-0.2, -0.15) is 18.2 Å². The largest absolute Gasteiger partial charge is 0.405 e. The molecule has 0 aliphatic heterocycles. The number of aromatic amines is 1. The van der Waals surface area contributed by atoms with Crippen LogP contribution in [0, 0.1) is 0 Å². The van der Waals surface area contributed by atoms with Crippen LogP contribution in [-0.4, -0.2) is 54.6 Å². The zero-order chi connectivity index (χ0) is 19.4. The fourth-order valence-corrected chi connectivity index (χ4v) is 2.36. The van der Waals surface area contributed by atoms with E-state index in [9.17, 15) is 18.0 Å². The van der Waals surface area contributed by atoms with Crippen LogP contribution in [0.5, 0.6) is 0 Å². The second-order valence-corrected chi connectivity index (χ2v) is 5.56. The lowest BCUT2D eigenvalue weighted by atomic mass is 10.2. The number of hydrogen-bond donors (Lipinski definition) is 3. The first-order valence-electron chi connectivity index (χ1n) is 7.95. The Hall–Kier alpha value is -3.31. The van der Waals surface area contributed by atoms with Crippen molar-refractivity contribution < 1.29 is 18.0 Å². The van der Waals surface area contributed by atoms with Crippen LogP contribution in [0.1, 0.15) is 13.3 Å². The van der Waals surface area contributed by atoms with E-state index in [2.05, 4.69) is 35.2 Å². The Morgan fingerprint density at radius 3 is 2.81 bits per heavy atom. The monoisotopic (exact) mass is 380 g/mol. The highest BCUT2D eigenvalue weighted by atomic mass is 19.4. The smallest absolute Gasteiger partial charge is 0.345 e. The van der Waals surface area contributed by atoms with E-state index in [1.807, 2.05) is 5.32 Å². The first-order valence-corrected chi connectivity index (χ1v) is 7.95. The van der Waals surface area contributed by atoms with Crippen LogP contribution in [-0.2, 0) is 4.79 Å². The molecule has 142 valence electrons. The maximum absolute atomic E-state index is 12.3. The molecule has 0 unspecified atom stereocenters. The molecule has 1 atom stereocenters. The number of amides is 1. The second kappa shape index (κ2) is 7.51. The van der Waals surface area contributed by atoms with Gasteiger partial charge in [0.15, 0.2) is 5.82 Å². The van der Waals surface area contributed by atoms with Gasteiger partial charge in [0.2, 0.25) is 11.9 Å². The number of nitrogens with one attached hydrogen (secondary N) is 3. The Morgan fingerprint density at radius 1 is 1.26 bits per heavy atom. The zero-order valence-corrected chi connectivity index (χ0v) is 14.1. The van der Waals surface area contributed by atoms with Crippen molar-refractivity contribution in [3.05, 3.63) is 25.0 Å². The molecular weight excluding hydrogens is 365 g/mol. The topological polar surface area (TPSA) is 121 Å². The number of aromatic nitrogens is 6. The summed E-state index contributed by atoms with van der Waals surface area (Å²) >= 11 is 0. The molecule has 1 amide bonds. The minimum Gasteiger partial charge on any atom is -0.345 e. The average molecular weight is 380 g/mol. The minimum absolute atomic E-state index is 0.0696.